The molecule has 1 atom stereocenters. The lowest BCUT2D eigenvalue weighted by atomic mass is 10.1. The fraction of sp³-hybridized carbons (Fsp3) is 0.429. The minimum Gasteiger partial charge on any atom is -0.489 e. The molecular weight excluding hydrogens is 260 g/mol. The second kappa shape index (κ2) is 6.38. The first kappa shape index (κ1) is 14.3. The number of primary amides is 1. The van der Waals surface area contributed by atoms with Gasteiger partial charge in [-0.15, -0.1) is 0 Å². The Balaban J connectivity index is 2.16. The van der Waals surface area contributed by atoms with Gasteiger partial charge in [0.25, 0.3) is 0 Å². The van der Waals surface area contributed by atoms with Gasteiger partial charge in [-0.3, -0.25) is 9.59 Å². The molecule has 6 heteroatoms. The highest BCUT2D eigenvalue weighted by Gasteiger charge is 2.35. The second-order valence-electron chi connectivity index (χ2n) is 4.62. The van der Waals surface area contributed by atoms with E-state index in [0.717, 1.165) is 0 Å². The number of carbonyl (C=O) groups excluding carboxylic acids is 2. The van der Waals surface area contributed by atoms with Crippen LogP contribution in [0, 0.1) is 5.92 Å². The highest BCUT2D eigenvalue weighted by atomic mass is 16.5. The van der Waals surface area contributed by atoms with Gasteiger partial charge in [-0.2, -0.15) is 0 Å². The smallest absolute Gasteiger partial charge is 0.227 e. The van der Waals surface area contributed by atoms with Crippen LogP contribution in [0.2, 0.25) is 0 Å². The third-order valence-electron chi connectivity index (χ3n) is 3.23. The van der Waals surface area contributed by atoms with Gasteiger partial charge in [-0.25, -0.2) is 0 Å². The Kier molecular flexibility index (Phi) is 4.57. The molecule has 1 aromatic carbocycles. The third-order valence-corrected chi connectivity index (χ3v) is 3.23. The van der Waals surface area contributed by atoms with Gasteiger partial charge in [0.15, 0.2) is 0 Å². The van der Waals surface area contributed by atoms with Crippen molar-refractivity contribution in [2.45, 2.75) is 6.42 Å². The average molecular weight is 278 g/mol. The number of carbonyl (C=O) groups is 2. The first-order valence-electron chi connectivity index (χ1n) is 6.44. The van der Waals surface area contributed by atoms with Crippen LogP contribution in [0.1, 0.15) is 6.42 Å². The van der Waals surface area contributed by atoms with Crippen LogP contribution in [0.4, 0.5) is 5.69 Å². The number of amides is 2. The van der Waals surface area contributed by atoms with E-state index in [0.29, 0.717) is 31.2 Å². The van der Waals surface area contributed by atoms with E-state index in [1.54, 1.807) is 24.1 Å². The highest BCUT2D eigenvalue weighted by molar-refractivity contribution is 6.01. The molecule has 0 bridgehead atoms. The summed E-state index contributed by atoms with van der Waals surface area (Å²) in [5.41, 5.74) is 5.94. The standard InChI is InChI=1S/C14H18N2O4/c1-19-6-7-20-12-5-3-2-4-11(12)16-9-10(14(15)18)8-13(16)17/h2-5,10H,6-9H2,1H3,(H2,15,18). The van der Waals surface area contributed by atoms with Gasteiger partial charge >= 0.3 is 0 Å². The van der Waals surface area contributed by atoms with E-state index in [1.165, 1.54) is 0 Å². The fourth-order valence-electron chi connectivity index (χ4n) is 2.17. The lowest BCUT2D eigenvalue weighted by Gasteiger charge is -2.20. The summed E-state index contributed by atoms with van der Waals surface area (Å²) in [6.07, 6.45) is 0.155. The van der Waals surface area contributed by atoms with Crippen molar-refractivity contribution in [1.29, 1.82) is 0 Å². The van der Waals surface area contributed by atoms with Crippen LogP contribution >= 0.6 is 0 Å². The molecule has 0 aromatic heterocycles. The summed E-state index contributed by atoms with van der Waals surface area (Å²) in [6, 6.07) is 7.24. The zero-order chi connectivity index (χ0) is 14.5. The Morgan fingerprint density at radius 3 is 2.80 bits per heavy atom. The molecular formula is C14H18N2O4. The lowest BCUT2D eigenvalue weighted by molar-refractivity contribution is -0.123. The molecule has 2 amide bonds. The van der Waals surface area contributed by atoms with Gasteiger partial charge in [-0.1, -0.05) is 12.1 Å². The Bertz CT molecular complexity index is 504. The van der Waals surface area contributed by atoms with Crippen molar-refractivity contribution in [3.05, 3.63) is 24.3 Å². The molecule has 2 rings (SSSR count). The number of hydrogen-bond acceptors (Lipinski definition) is 4. The quantitative estimate of drug-likeness (QED) is 0.770. The molecule has 108 valence electrons. The minimum atomic E-state index is -0.446. The number of hydrogen-bond donors (Lipinski definition) is 1. The summed E-state index contributed by atoms with van der Waals surface area (Å²) in [5, 5.41) is 0. The monoisotopic (exact) mass is 278 g/mol. The minimum absolute atomic E-state index is 0.114. The van der Waals surface area contributed by atoms with E-state index in [4.69, 9.17) is 15.2 Å². The van der Waals surface area contributed by atoms with Gasteiger partial charge in [0.1, 0.15) is 12.4 Å². The van der Waals surface area contributed by atoms with Crippen molar-refractivity contribution < 1.29 is 19.1 Å². The number of ether oxygens (including phenoxy) is 2. The van der Waals surface area contributed by atoms with Crippen LogP contribution in [0.3, 0.4) is 0 Å². The molecule has 1 aromatic rings. The second-order valence-corrected chi connectivity index (χ2v) is 4.62. The number of benzene rings is 1. The fourth-order valence-corrected chi connectivity index (χ4v) is 2.17. The van der Waals surface area contributed by atoms with Crippen molar-refractivity contribution in [3.8, 4) is 5.75 Å². The zero-order valence-electron chi connectivity index (χ0n) is 11.4. The molecule has 1 saturated heterocycles. The van der Waals surface area contributed by atoms with Gasteiger partial charge in [0.05, 0.1) is 18.2 Å². The number of methoxy groups -OCH3 is 1. The molecule has 0 radical (unpaired) electrons. The first-order valence-corrected chi connectivity index (χ1v) is 6.44. The first-order chi connectivity index (χ1) is 9.63. The summed E-state index contributed by atoms with van der Waals surface area (Å²) in [7, 11) is 1.59. The number of anilines is 1. The van der Waals surface area contributed by atoms with Crippen LogP contribution in [-0.2, 0) is 14.3 Å². The summed E-state index contributed by atoms with van der Waals surface area (Å²) in [6.45, 7) is 1.17. The Hall–Kier alpha value is -2.08. The summed E-state index contributed by atoms with van der Waals surface area (Å²) < 4.78 is 10.5. The van der Waals surface area contributed by atoms with Gasteiger partial charge in [-0.05, 0) is 12.1 Å². The maximum Gasteiger partial charge on any atom is 0.227 e. The SMILES string of the molecule is COCCOc1ccccc1N1CC(C(N)=O)CC1=O. The van der Waals surface area contributed by atoms with Gasteiger partial charge in [0.2, 0.25) is 11.8 Å². The van der Waals surface area contributed by atoms with E-state index in [1.807, 2.05) is 12.1 Å². The third kappa shape index (κ3) is 3.08. The normalized spacial score (nSPS) is 18.4. The number of nitrogens with two attached hydrogens (primary N) is 1. The molecule has 1 unspecified atom stereocenters. The van der Waals surface area contributed by atoms with E-state index in [2.05, 4.69) is 0 Å². The predicted octanol–water partition coefficient (Wildman–Crippen LogP) is 0.550. The average Bonchev–Trinajstić information content (AvgIpc) is 2.82. The molecule has 0 aliphatic carbocycles. The van der Waals surface area contributed by atoms with Crippen molar-refractivity contribution in [1.82, 2.24) is 0 Å². The van der Waals surface area contributed by atoms with E-state index in [9.17, 15) is 9.59 Å². The molecule has 0 saturated carbocycles. The van der Waals surface area contributed by atoms with Crippen LogP contribution in [0.25, 0.3) is 0 Å². The molecule has 2 N–H and O–H groups in total. The van der Waals surface area contributed by atoms with Crippen molar-refractivity contribution in [3.63, 3.8) is 0 Å². The molecule has 6 nitrogen and oxygen atoms in total. The van der Waals surface area contributed by atoms with Crippen LogP contribution in [0.5, 0.6) is 5.75 Å². The van der Waals surface area contributed by atoms with Crippen LogP contribution in [-0.4, -0.2) is 38.7 Å². The summed E-state index contributed by atoms with van der Waals surface area (Å²) in [5.74, 6) is -0.396. The van der Waals surface area contributed by atoms with Gasteiger partial charge in [0, 0.05) is 20.1 Å². The van der Waals surface area contributed by atoms with E-state index < -0.39 is 11.8 Å². The molecule has 0 spiro atoms. The molecule has 1 fully saturated rings. The lowest BCUT2D eigenvalue weighted by Crippen LogP contribution is -2.28. The Labute approximate surface area is 117 Å². The van der Waals surface area contributed by atoms with E-state index in [-0.39, 0.29) is 12.3 Å². The van der Waals surface area contributed by atoms with Crippen LogP contribution < -0.4 is 15.4 Å². The van der Waals surface area contributed by atoms with Crippen LogP contribution in [0.15, 0.2) is 24.3 Å². The zero-order valence-corrected chi connectivity index (χ0v) is 11.4. The topological polar surface area (TPSA) is 81.9 Å². The molecule has 20 heavy (non-hydrogen) atoms. The Morgan fingerprint density at radius 2 is 2.15 bits per heavy atom. The predicted molar refractivity (Wildman–Crippen MR) is 73.5 cm³/mol. The molecule has 1 aliphatic heterocycles. The van der Waals surface area contributed by atoms with Crippen molar-refractivity contribution in [2.24, 2.45) is 11.7 Å². The van der Waals surface area contributed by atoms with E-state index >= 15 is 0 Å². The van der Waals surface area contributed by atoms with Gasteiger partial charge < -0.3 is 20.1 Å². The number of para-hydroxylation sites is 2. The molecule has 1 heterocycles. The van der Waals surface area contributed by atoms with Crippen molar-refractivity contribution in [2.75, 3.05) is 31.8 Å². The maximum atomic E-state index is 12.0. The number of nitrogens with zero attached hydrogens (tertiary/aromatic N) is 1. The summed E-state index contributed by atoms with van der Waals surface area (Å²) >= 11 is 0. The number of rotatable bonds is 6. The summed E-state index contributed by atoms with van der Waals surface area (Å²) in [4.78, 5) is 24.8. The van der Waals surface area contributed by atoms with Crippen molar-refractivity contribution >= 4 is 17.5 Å². The molecule has 1 aliphatic rings. The maximum absolute atomic E-state index is 12.0. The highest BCUT2D eigenvalue weighted by Crippen LogP contribution is 2.32. The Morgan fingerprint density at radius 1 is 1.40 bits per heavy atom. The largest absolute Gasteiger partial charge is 0.489 e.